The molecule has 0 saturated carbocycles. The summed E-state index contributed by atoms with van der Waals surface area (Å²) in [5, 5.41) is 27.2. The highest BCUT2D eigenvalue weighted by Crippen LogP contribution is 2.26. The second kappa shape index (κ2) is 27.4. The number of alkyl halides is 1. The number of rotatable bonds is 31. The Labute approximate surface area is 307 Å². The predicted octanol–water partition coefficient (Wildman–Crippen LogP) is 1.04. The van der Waals surface area contributed by atoms with Gasteiger partial charge in [0.15, 0.2) is 17.5 Å². The number of nitro benzene ring substituents is 2. The molecular formula is C32H51ClN8O11. The monoisotopic (exact) mass is 758 g/mol. The summed E-state index contributed by atoms with van der Waals surface area (Å²) in [4.78, 5) is 73.5. The SMILES string of the molecule is NC(N)=NCCC[C@H](CC(=O)CNC(=O)[C@@H](N)CCC(=O)NCCCOCCOCCOCCCCc1ccc([N+](=O)[O-])cc1[N+](=O)[O-])C(=O)CCl. The lowest BCUT2D eigenvalue weighted by Crippen LogP contribution is -2.43. The Morgan fingerprint density at radius 1 is 0.865 bits per heavy atom. The van der Waals surface area contributed by atoms with Crippen LogP contribution in [0.25, 0.3) is 0 Å². The van der Waals surface area contributed by atoms with E-state index in [0.29, 0.717) is 96.8 Å². The molecule has 2 atom stereocenters. The van der Waals surface area contributed by atoms with Crippen LogP contribution in [0.1, 0.15) is 56.9 Å². The molecule has 0 saturated heterocycles. The number of guanidine groups is 1. The van der Waals surface area contributed by atoms with Crippen molar-refractivity contribution in [2.45, 2.75) is 63.8 Å². The minimum atomic E-state index is -0.993. The largest absolute Gasteiger partial charge is 0.379 e. The van der Waals surface area contributed by atoms with Crippen LogP contribution in [0.4, 0.5) is 11.4 Å². The second-order valence-corrected chi connectivity index (χ2v) is 11.9. The fourth-order valence-electron chi connectivity index (χ4n) is 4.71. The Balaban J connectivity index is 2.05. The van der Waals surface area contributed by atoms with Gasteiger partial charge in [-0.25, -0.2) is 0 Å². The van der Waals surface area contributed by atoms with Gasteiger partial charge in [0.05, 0.1) is 60.8 Å². The van der Waals surface area contributed by atoms with Gasteiger partial charge in [0, 0.05) is 56.7 Å². The van der Waals surface area contributed by atoms with Crippen molar-refractivity contribution in [1.29, 1.82) is 0 Å². The Morgan fingerprint density at radius 3 is 2.13 bits per heavy atom. The number of aliphatic imine (C=N–C) groups is 1. The molecule has 2 amide bonds. The number of carbonyl (C=O) groups excluding carboxylic acids is 4. The van der Waals surface area contributed by atoms with Crippen LogP contribution in [0.2, 0.25) is 0 Å². The zero-order valence-electron chi connectivity index (χ0n) is 29.3. The fourth-order valence-corrected chi connectivity index (χ4v) is 4.93. The van der Waals surface area contributed by atoms with Gasteiger partial charge in [-0.2, -0.15) is 0 Å². The third-order valence-electron chi connectivity index (χ3n) is 7.54. The minimum absolute atomic E-state index is 0.0176. The number of hydrogen-bond acceptors (Lipinski definition) is 13. The number of nitrogens with two attached hydrogens (primary N) is 3. The highest BCUT2D eigenvalue weighted by Gasteiger charge is 2.22. The van der Waals surface area contributed by atoms with E-state index in [1.54, 1.807) is 0 Å². The van der Waals surface area contributed by atoms with Gasteiger partial charge in [-0.1, -0.05) is 0 Å². The van der Waals surface area contributed by atoms with Crippen LogP contribution < -0.4 is 27.8 Å². The molecule has 0 unspecified atom stereocenters. The summed E-state index contributed by atoms with van der Waals surface area (Å²) in [6, 6.07) is 2.65. The lowest BCUT2D eigenvalue weighted by Gasteiger charge is -2.15. The number of non-ortho nitro benzene ring substituents is 1. The number of unbranched alkanes of at least 4 members (excludes halogenated alkanes) is 1. The van der Waals surface area contributed by atoms with E-state index in [1.807, 2.05) is 0 Å². The van der Waals surface area contributed by atoms with Crippen molar-refractivity contribution < 1.29 is 43.2 Å². The van der Waals surface area contributed by atoms with E-state index in [9.17, 15) is 39.4 Å². The lowest BCUT2D eigenvalue weighted by atomic mass is 9.93. The summed E-state index contributed by atoms with van der Waals surface area (Å²) in [5.74, 6) is -2.40. The highest BCUT2D eigenvalue weighted by molar-refractivity contribution is 6.28. The van der Waals surface area contributed by atoms with E-state index in [4.69, 9.17) is 43.0 Å². The molecule has 292 valence electrons. The maximum absolute atomic E-state index is 12.4. The summed E-state index contributed by atoms with van der Waals surface area (Å²) in [6.07, 6.45) is 3.11. The van der Waals surface area contributed by atoms with Crippen LogP contribution >= 0.6 is 11.6 Å². The third kappa shape index (κ3) is 21.2. The number of benzene rings is 1. The number of nitro groups is 2. The van der Waals surface area contributed by atoms with E-state index < -0.39 is 27.7 Å². The first kappa shape index (κ1) is 45.7. The molecule has 0 aliphatic rings. The van der Waals surface area contributed by atoms with Crippen molar-refractivity contribution in [2.75, 3.05) is 65.2 Å². The van der Waals surface area contributed by atoms with Crippen molar-refractivity contribution in [3.8, 4) is 0 Å². The van der Waals surface area contributed by atoms with E-state index in [1.165, 1.54) is 12.1 Å². The van der Waals surface area contributed by atoms with Gasteiger partial charge in [0.25, 0.3) is 11.4 Å². The Bertz CT molecular complexity index is 1330. The first-order valence-corrected chi connectivity index (χ1v) is 17.5. The Kier molecular flexibility index (Phi) is 24.1. The second-order valence-electron chi connectivity index (χ2n) is 11.7. The van der Waals surface area contributed by atoms with Crippen LogP contribution in [0, 0.1) is 26.1 Å². The van der Waals surface area contributed by atoms with Crippen molar-refractivity contribution in [3.63, 3.8) is 0 Å². The van der Waals surface area contributed by atoms with Crippen molar-refractivity contribution in [1.82, 2.24) is 10.6 Å². The van der Waals surface area contributed by atoms with Gasteiger partial charge in [-0.15, -0.1) is 11.6 Å². The van der Waals surface area contributed by atoms with Crippen LogP contribution in [0.3, 0.4) is 0 Å². The molecular weight excluding hydrogens is 708 g/mol. The minimum Gasteiger partial charge on any atom is -0.379 e. The first-order valence-electron chi connectivity index (χ1n) is 17.0. The molecule has 19 nitrogen and oxygen atoms in total. The normalized spacial score (nSPS) is 12.0. The van der Waals surface area contributed by atoms with E-state index in [2.05, 4.69) is 15.6 Å². The number of amides is 2. The lowest BCUT2D eigenvalue weighted by molar-refractivity contribution is -0.394. The first-order chi connectivity index (χ1) is 24.8. The van der Waals surface area contributed by atoms with E-state index >= 15 is 0 Å². The van der Waals surface area contributed by atoms with Crippen LogP contribution in [0.15, 0.2) is 23.2 Å². The number of aryl methyl sites for hydroxylation is 1. The zero-order valence-corrected chi connectivity index (χ0v) is 30.0. The van der Waals surface area contributed by atoms with E-state index in [0.717, 1.165) is 6.07 Å². The van der Waals surface area contributed by atoms with Gasteiger partial charge in [-0.05, 0) is 51.0 Å². The molecule has 0 aliphatic carbocycles. The summed E-state index contributed by atoms with van der Waals surface area (Å²) in [6.45, 7) is 2.67. The molecule has 0 heterocycles. The number of nitrogens with one attached hydrogen (secondary N) is 2. The summed E-state index contributed by atoms with van der Waals surface area (Å²) < 4.78 is 16.4. The zero-order chi connectivity index (χ0) is 38.7. The number of Topliss-reactive ketones (excluding diaryl/α,β-unsaturated/α-hetero) is 2. The van der Waals surface area contributed by atoms with Crippen LogP contribution in [-0.4, -0.2) is 110 Å². The maximum atomic E-state index is 12.4. The number of hydrogen-bond donors (Lipinski definition) is 5. The molecule has 0 radical (unpaired) electrons. The molecule has 0 spiro atoms. The van der Waals surface area contributed by atoms with Gasteiger partial charge in [0.1, 0.15) is 0 Å². The molecule has 52 heavy (non-hydrogen) atoms. The summed E-state index contributed by atoms with van der Waals surface area (Å²) in [5.41, 5.74) is 16.3. The van der Waals surface area contributed by atoms with E-state index in [-0.39, 0.29) is 66.5 Å². The van der Waals surface area contributed by atoms with Gasteiger partial charge in [-0.3, -0.25) is 44.4 Å². The quantitative estimate of drug-likeness (QED) is 0.0177. The van der Waals surface area contributed by atoms with Crippen LogP contribution in [-0.2, 0) is 39.8 Å². The molecule has 20 heteroatoms. The van der Waals surface area contributed by atoms with Crippen molar-refractivity contribution in [2.24, 2.45) is 28.1 Å². The number of nitrogens with zero attached hydrogens (tertiary/aromatic N) is 3. The summed E-state index contributed by atoms with van der Waals surface area (Å²) in [7, 11) is 0. The predicted molar refractivity (Wildman–Crippen MR) is 192 cm³/mol. The number of ketones is 2. The smallest absolute Gasteiger partial charge is 0.279 e. The molecule has 0 fully saturated rings. The standard InChI is InChI=1S/C32H51ClN8O11/c33-21-29(43)24(6-3-11-38-32(35)36)19-26(42)22-39-31(45)27(34)9-10-30(44)37-12-4-14-51-16-18-52-17-15-50-13-2-1-5-23-7-8-25(40(46)47)20-28(23)41(48)49/h7-8,20,24,27H,1-6,9-19,21-22,34H2,(H,37,44)(H,39,45)(H4,35,36,38)/t24-,27+/m1/s1. The fraction of sp³-hybridized carbons (Fsp3) is 0.656. The van der Waals surface area contributed by atoms with Crippen molar-refractivity contribution in [3.05, 3.63) is 44.0 Å². The number of carbonyl (C=O) groups is 4. The highest BCUT2D eigenvalue weighted by atomic mass is 35.5. The number of halogens is 1. The Hall–Kier alpha value is -4.30. The Morgan fingerprint density at radius 2 is 1.52 bits per heavy atom. The molecule has 0 aromatic heterocycles. The molecule has 0 aliphatic heterocycles. The average Bonchev–Trinajstić information content (AvgIpc) is 3.11. The molecule has 1 aromatic rings. The third-order valence-corrected chi connectivity index (χ3v) is 7.80. The molecule has 0 bridgehead atoms. The molecule has 1 aromatic carbocycles. The number of ether oxygens (including phenoxy) is 3. The summed E-state index contributed by atoms with van der Waals surface area (Å²) >= 11 is 5.66. The topological polar surface area (TPSA) is 297 Å². The van der Waals surface area contributed by atoms with Gasteiger partial charge >= 0.3 is 0 Å². The molecule has 8 N–H and O–H groups in total. The van der Waals surface area contributed by atoms with Gasteiger partial charge in [0.2, 0.25) is 11.8 Å². The molecule has 1 rings (SSSR count). The maximum Gasteiger partial charge on any atom is 0.279 e. The average molecular weight is 759 g/mol. The van der Waals surface area contributed by atoms with Crippen molar-refractivity contribution >= 4 is 52.3 Å². The van der Waals surface area contributed by atoms with Crippen LogP contribution in [0.5, 0.6) is 0 Å². The van der Waals surface area contributed by atoms with Gasteiger partial charge < -0.3 is 42.0 Å².